The minimum atomic E-state index is -1.04. The summed E-state index contributed by atoms with van der Waals surface area (Å²) in [6.07, 6.45) is 0. The average Bonchev–Trinajstić information content (AvgIpc) is 2.85. The van der Waals surface area contributed by atoms with Crippen LogP contribution in [0.15, 0.2) is 11.4 Å². The molecule has 2 rings (SSSR count). The van der Waals surface area contributed by atoms with Gasteiger partial charge in [-0.3, -0.25) is 9.59 Å². The summed E-state index contributed by atoms with van der Waals surface area (Å²) in [6, 6.07) is 1.71. The summed E-state index contributed by atoms with van der Waals surface area (Å²) in [6.45, 7) is 1.06. The molecule has 0 unspecified atom stereocenters. The van der Waals surface area contributed by atoms with Gasteiger partial charge >= 0.3 is 5.97 Å². The predicted molar refractivity (Wildman–Crippen MR) is 63.1 cm³/mol. The molecular formula is C9H9N5O3S. The number of aromatic nitrogens is 4. The zero-order valence-electron chi connectivity index (χ0n) is 9.32. The van der Waals surface area contributed by atoms with Gasteiger partial charge in [-0.25, -0.2) is 4.68 Å². The maximum absolute atomic E-state index is 11.0. The highest BCUT2D eigenvalue weighted by atomic mass is 32.1. The van der Waals surface area contributed by atoms with E-state index in [1.165, 1.54) is 22.9 Å². The number of nitrogens with zero attached hydrogens (tertiary/aromatic N) is 4. The van der Waals surface area contributed by atoms with Crippen molar-refractivity contribution in [3.63, 3.8) is 0 Å². The van der Waals surface area contributed by atoms with Crippen molar-refractivity contribution in [3.8, 4) is 10.7 Å². The molecule has 0 bridgehead atoms. The Morgan fingerprint density at radius 1 is 1.56 bits per heavy atom. The first-order chi connectivity index (χ1) is 8.58. The quantitative estimate of drug-likeness (QED) is 0.832. The zero-order valence-corrected chi connectivity index (χ0v) is 10.1. The summed E-state index contributed by atoms with van der Waals surface area (Å²) < 4.78 is 1.17. The van der Waals surface area contributed by atoms with Crippen molar-refractivity contribution < 1.29 is 14.7 Å². The molecule has 94 valence electrons. The van der Waals surface area contributed by atoms with E-state index in [2.05, 4.69) is 20.8 Å². The Kier molecular flexibility index (Phi) is 3.33. The molecule has 0 aliphatic carbocycles. The number of hydrogen-bond acceptors (Lipinski definition) is 6. The zero-order chi connectivity index (χ0) is 13.1. The number of carbonyl (C=O) groups is 2. The number of carboxylic acids is 1. The van der Waals surface area contributed by atoms with E-state index in [0.29, 0.717) is 16.4 Å². The minimum absolute atomic E-state index is 0.216. The normalized spacial score (nSPS) is 10.3. The lowest BCUT2D eigenvalue weighted by Gasteiger charge is -2.03. The largest absolute Gasteiger partial charge is 0.480 e. The average molecular weight is 267 g/mol. The highest BCUT2D eigenvalue weighted by molar-refractivity contribution is 7.14. The van der Waals surface area contributed by atoms with Gasteiger partial charge in [0, 0.05) is 6.92 Å². The second-order valence-corrected chi connectivity index (χ2v) is 4.31. The van der Waals surface area contributed by atoms with Gasteiger partial charge in [-0.15, -0.1) is 16.4 Å². The Morgan fingerprint density at radius 2 is 2.33 bits per heavy atom. The molecule has 0 aliphatic rings. The molecular weight excluding hydrogens is 258 g/mol. The van der Waals surface area contributed by atoms with Crippen LogP contribution in [0, 0.1) is 0 Å². The van der Waals surface area contributed by atoms with E-state index < -0.39 is 5.97 Å². The van der Waals surface area contributed by atoms with Gasteiger partial charge in [0.15, 0.2) is 5.82 Å². The number of thiophene rings is 1. The third kappa shape index (κ3) is 2.51. The topological polar surface area (TPSA) is 110 Å². The van der Waals surface area contributed by atoms with Crippen molar-refractivity contribution in [2.75, 3.05) is 5.32 Å². The molecule has 1 amide bonds. The van der Waals surface area contributed by atoms with E-state index in [0.717, 1.165) is 0 Å². The number of aliphatic carboxylic acids is 1. The molecule has 0 spiro atoms. The summed E-state index contributed by atoms with van der Waals surface area (Å²) in [7, 11) is 0. The summed E-state index contributed by atoms with van der Waals surface area (Å²) in [5.41, 5.74) is 0.564. The van der Waals surface area contributed by atoms with Crippen molar-refractivity contribution in [1.29, 1.82) is 0 Å². The predicted octanol–water partition coefficient (Wildman–Crippen LogP) is 0.445. The standard InChI is InChI=1S/C9H9N5O3S/c1-5(15)10-6-2-3-18-8(6)9-11-12-13-14(9)4-7(16)17/h2-3H,4H2,1H3,(H,10,15)(H,16,17). The van der Waals surface area contributed by atoms with Gasteiger partial charge in [0.1, 0.15) is 6.54 Å². The lowest BCUT2D eigenvalue weighted by Crippen LogP contribution is -2.12. The van der Waals surface area contributed by atoms with Crippen LogP contribution in [0.25, 0.3) is 10.7 Å². The maximum Gasteiger partial charge on any atom is 0.325 e. The Labute approximate surface area is 105 Å². The number of nitrogens with one attached hydrogen (secondary N) is 1. The number of carbonyl (C=O) groups excluding carboxylic acids is 1. The number of carboxylic acid groups (broad SMARTS) is 1. The van der Waals surface area contributed by atoms with Gasteiger partial charge in [0.2, 0.25) is 5.91 Å². The molecule has 0 atom stereocenters. The third-order valence-corrected chi connectivity index (χ3v) is 2.91. The first-order valence-electron chi connectivity index (χ1n) is 4.91. The molecule has 9 heteroatoms. The van der Waals surface area contributed by atoms with Gasteiger partial charge in [-0.05, 0) is 21.9 Å². The molecule has 2 heterocycles. The van der Waals surface area contributed by atoms with Crippen LogP contribution in [-0.2, 0) is 16.1 Å². The highest BCUT2D eigenvalue weighted by Gasteiger charge is 2.16. The first kappa shape index (κ1) is 12.2. The number of hydrogen-bond donors (Lipinski definition) is 2. The summed E-state index contributed by atoms with van der Waals surface area (Å²) >= 11 is 1.32. The molecule has 0 radical (unpaired) electrons. The molecule has 18 heavy (non-hydrogen) atoms. The van der Waals surface area contributed by atoms with Gasteiger partial charge in [0.25, 0.3) is 0 Å². The number of amides is 1. The SMILES string of the molecule is CC(=O)Nc1ccsc1-c1nnnn1CC(=O)O. The molecule has 0 saturated carbocycles. The molecule has 2 aromatic rings. The van der Waals surface area contributed by atoms with Crippen LogP contribution in [0.3, 0.4) is 0 Å². The third-order valence-electron chi connectivity index (χ3n) is 2.00. The minimum Gasteiger partial charge on any atom is -0.480 e. The Bertz CT molecular complexity index is 538. The van der Waals surface area contributed by atoms with Crippen LogP contribution in [0.5, 0.6) is 0 Å². The monoisotopic (exact) mass is 267 g/mol. The van der Waals surface area contributed by atoms with E-state index in [1.54, 1.807) is 11.4 Å². The molecule has 2 aromatic heterocycles. The summed E-state index contributed by atoms with van der Waals surface area (Å²) in [4.78, 5) is 22.3. The Morgan fingerprint density at radius 3 is 3.00 bits per heavy atom. The van der Waals surface area contributed by atoms with Gasteiger partial charge in [-0.1, -0.05) is 0 Å². The first-order valence-corrected chi connectivity index (χ1v) is 5.79. The fraction of sp³-hybridized carbons (Fsp3) is 0.222. The lowest BCUT2D eigenvalue weighted by molar-refractivity contribution is -0.137. The molecule has 0 aromatic carbocycles. The van der Waals surface area contributed by atoms with Crippen LogP contribution in [0.2, 0.25) is 0 Å². The van der Waals surface area contributed by atoms with Gasteiger partial charge in [0.05, 0.1) is 10.6 Å². The highest BCUT2D eigenvalue weighted by Crippen LogP contribution is 2.31. The molecule has 2 N–H and O–H groups in total. The second-order valence-electron chi connectivity index (χ2n) is 3.40. The number of anilines is 1. The van der Waals surface area contributed by atoms with E-state index in [1.807, 2.05) is 0 Å². The van der Waals surface area contributed by atoms with Crippen LogP contribution < -0.4 is 5.32 Å². The van der Waals surface area contributed by atoms with Crippen molar-refractivity contribution in [2.45, 2.75) is 13.5 Å². The molecule has 0 fully saturated rings. The molecule has 0 aliphatic heterocycles. The van der Waals surface area contributed by atoms with Crippen molar-refractivity contribution in [3.05, 3.63) is 11.4 Å². The van der Waals surface area contributed by atoms with Crippen molar-refractivity contribution >= 4 is 28.9 Å². The number of tetrazole rings is 1. The second kappa shape index (κ2) is 4.92. The van der Waals surface area contributed by atoms with Crippen LogP contribution in [0.1, 0.15) is 6.92 Å². The van der Waals surface area contributed by atoms with E-state index in [-0.39, 0.29) is 12.5 Å². The van der Waals surface area contributed by atoms with Crippen LogP contribution >= 0.6 is 11.3 Å². The Balaban J connectivity index is 2.37. The fourth-order valence-corrected chi connectivity index (χ4v) is 2.21. The van der Waals surface area contributed by atoms with Gasteiger partial charge < -0.3 is 10.4 Å². The summed E-state index contributed by atoms with van der Waals surface area (Å²) in [5.74, 6) is -0.941. The fourth-order valence-electron chi connectivity index (χ4n) is 1.37. The molecule has 0 saturated heterocycles. The van der Waals surface area contributed by atoms with Crippen molar-refractivity contribution in [2.24, 2.45) is 0 Å². The smallest absolute Gasteiger partial charge is 0.325 e. The van der Waals surface area contributed by atoms with E-state index in [4.69, 9.17) is 5.11 Å². The lowest BCUT2D eigenvalue weighted by atomic mass is 10.3. The van der Waals surface area contributed by atoms with Crippen LogP contribution in [-0.4, -0.2) is 37.2 Å². The maximum atomic E-state index is 11.0. The van der Waals surface area contributed by atoms with E-state index in [9.17, 15) is 9.59 Å². The Hall–Kier alpha value is -2.29. The van der Waals surface area contributed by atoms with E-state index >= 15 is 0 Å². The van der Waals surface area contributed by atoms with Crippen LogP contribution in [0.4, 0.5) is 5.69 Å². The molecule has 8 nitrogen and oxygen atoms in total. The van der Waals surface area contributed by atoms with Crippen molar-refractivity contribution in [1.82, 2.24) is 20.2 Å². The summed E-state index contributed by atoms with van der Waals surface area (Å²) in [5, 5.41) is 24.0. The van der Waals surface area contributed by atoms with Gasteiger partial charge in [-0.2, -0.15) is 0 Å². The number of rotatable bonds is 4.